The molecule has 72 valence electrons. The maximum absolute atomic E-state index is 10.8. The fourth-order valence-electron chi connectivity index (χ4n) is 1.29. The molecule has 0 amide bonds. The number of aromatic carboxylic acids is 1. The normalized spacial score (nSPS) is 10.3. The van der Waals surface area contributed by atoms with Gasteiger partial charge in [-0.05, 0) is 13.0 Å². The molecule has 0 spiro atoms. The summed E-state index contributed by atoms with van der Waals surface area (Å²) >= 11 is 0. The molecular formula is C9H13NO3. The summed E-state index contributed by atoms with van der Waals surface area (Å²) in [5.74, 6) is -0.903. The van der Waals surface area contributed by atoms with Gasteiger partial charge in [0, 0.05) is 19.9 Å². The number of aryl methyl sites for hydroxylation is 1. The van der Waals surface area contributed by atoms with Gasteiger partial charge in [0.25, 0.3) is 0 Å². The van der Waals surface area contributed by atoms with Gasteiger partial charge in [-0.25, -0.2) is 4.79 Å². The van der Waals surface area contributed by atoms with Crippen LogP contribution in [0.1, 0.15) is 23.0 Å². The molecule has 0 bridgehead atoms. The maximum Gasteiger partial charge on any atom is 0.337 e. The molecule has 0 saturated carbocycles. The lowest BCUT2D eigenvalue weighted by atomic mass is 10.2. The number of carboxylic acids is 1. The van der Waals surface area contributed by atoms with Crippen molar-refractivity contribution in [1.29, 1.82) is 0 Å². The van der Waals surface area contributed by atoms with Crippen LogP contribution in [-0.4, -0.2) is 22.8 Å². The first-order valence-electron chi connectivity index (χ1n) is 4.11. The highest BCUT2D eigenvalue weighted by Gasteiger charge is 2.13. The molecule has 13 heavy (non-hydrogen) atoms. The number of methoxy groups -OCH3 is 1. The van der Waals surface area contributed by atoms with Crippen LogP contribution in [0.3, 0.4) is 0 Å². The van der Waals surface area contributed by atoms with E-state index in [0.717, 1.165) is 12.2 Å². The quantitative estimate of drug-likeness (QED) is 0.766. The molecule has 0 aliphatic heterocycles. The summed E-state index contributed by atoms with van der Waals surface area (Å²) in [7, 11) is 1.55. The third kappa shape index (κ3) is 1.89. The third-order valence-corrected chi connectivity index (χ3v) is 1.93. The van der Waals surface area contributed by atoms with Crippen LogP contribution in [-0.2, 0) is 17.9 Å². The molecule has 0 saturated heterocycles. The van der Waals surface area contributed by atoms with Gasteiger partial charge < -0.3 is 14.4 Å². The van der Waals surface area contributed by atoms with E-state index in [-0.39, 0.29) is 0 Å². The maximum atomic E-state index is 10.8. The highest BCUT2D eigenvalue weighted by atomic mass is 16.5. The third-order valence-electron chi connectivity index (χ3n) is 1.93. The molecule has 1 heterocycles. The molecule has 4 nitrogen and oxygen atoms in total. The molecule has 0 aliphatic rings. The molecule has 1 aromatic rings. The standard InChI is InChI=1S/C9H13NO3/c1-3-10-5-4-7(9(11)12)8(10)6-13-2/h4-5H,3,6H2,1-2H3,(H,11,12). The summed E-state index contributed by atoms with van der Waals surface area (Å²) in [5.41, 5.74) is 1.04. The second-order valence-corrected chi connectivity index (χ2v) is 2.70. The summed E-state index contributed by atoms with van der Waals surface area (Å²) < 4.78 is 6.80. The monoisotopic (exact) mass is 183 g/mol. The smallest absolute Gasteiger partial charge is 0.337 e. The van der Waals surface area contributed by atoms with Gasteiger partial charge >= 0.3 is 5.97 Å². The number of ether oxygens (including phenoxy) is 1. The molecule has 1 N–H and O–H groups in total. The fourth-order valence-corrected chi connectivity index (χ4v) is 1.29. The highest BCUT2D eigenvalue weighted by Crippen LogP contribution is 2.12. The van der Waals surface area contributed by atoms with Gasteiger partial charge in [0.2, 0.25) is 0 Å². The van der Waals surface area contributed by atoms with E-state index in [0.29, 0.717) is 12.2 Å². The minimum Gasteiger partial charge on any atom is -0.478 e. The first kappa shape index (κ1) is 9.80. The molecule has 0 aromatic carbocycles. The van der Waals surface area contributed by atoms with Crippen molar-refractivity contribution in [2.24, 2.45) is 0 Å². The lowest BCUT2D eigenvalue weighted by molar-refractivity contribution is 0.0691. The van der Waals surface area contributed by atoms with E-state index in [4.69, 9.17) is 9.84 Å². The average Bonchev–Trinajstić information content (AvgIpc) is 2.48. The predicted octanol–water partition coefficient (Wildman–Crippen LogP) is 1.35. The number of aromatic nitrogens is 1. The second-order valence-electron chi connectivity index (χ2n) is 2.70. The highest BCUT2D eigenvalue weighted by molar-refractivity contribution is 5.89. The van der Waals surface area contributed by atoms with Crippen molar-refractivity contribution in [2.45, 2.75) is 20.1 Å². The van der Waals surface area contributed by atoms with Gasteiger partial charge in [-0.15, -0.1) is 0 Å². The largest absolute Gasteiger partial charge is 0.478 e. The van der Waals surface area contributed by atoms with Gasteiger partial charge in [-0.2, -0.15) is 0 Å². The Morgan fingerprint density at radius 1 is 1.69 bits per heavy atom. The van der Waals surface area contributed by atoms with Crippen LogP contribution in [0.15, 0.2) is 12.3 Å². The summed E-state index contributed by atoms with van der Waals surface area (Å²) in [5, 5.41) is 8.83. The van der Waals surface area contributed by atoms with Crippen LogP contribution in [0.5, 0.6) is 0 Å². The van der Waals surface area contributed by atoms with Crippen molar-refractivity contribution in [2.75, 3.05) is 7.11 Å². The van der Waals surface area contributed by atoms with Gasteiger partial charge in [-0.1, -0.05) is 0 Å². The van der Waals surface area contributed by atoms with Crippen molar-refractivity contribution in [3.63, 3.8) is 0 Å². The van der Waals surface area contributed by atoms with Crippen molar-refractivity contribution >= 4 is 5.97 Å². The van der Waals surface area contributed by atoms with Crippen LogP contribution in [0.25, 0.3) is 0 Å². The molecule has 1 aromatic heterocycles. The Bertz CT molecular complexity index is 304. The summed E-state index contributed by atoms with van der Waals surface area (Å²) in [4.78, 5) is 10.8. The van der Waals surface area contributed by atoms with Crippen molar-refractivity contribution in [1.82, 2.24) is 4.57 Å². The van der Waals surface area contributed by atoms with Crippen LogP contribution in [0.2, 0.25) is 0 Å². The van der Waals surface area contributed by atoms with Crippen molar-refractivity contribution in [3.8, 4) is 0 Å². The molecule has 0 unspecified atom stereocenters. The van der Waals surface area contributed by atoms with Crippen LogP contribution >= 0.6 is 0 Å². The van der Waals surface area contributed by atoms with Crippen LogP contribution in [0.4, 0.5) is 0 Å². The Hall–Kier alpha value is -1.29. The molecule has 0 atom stereocenters. The van der Waals surface area contributed by atoms with Crippen LogP contribution in [0, 0.1) is 0 Å². The molecule has 0 fully saturated rings. The van der Waals surface area contributed by atoms with E-state index in [1.807, 2.05) is 11.5 Å². The number of nitrogens with zero attached hydrogens (tertiary/aromatic N) is 1. The molecular weight excluding hydrogens is 170 g/mol. The summed E-state index contributed by atoms with van der Waals surface area (Å²) in [6.07, 6.45) is 1.76. The van der Waals surface area contributed by atoms with E-state index < -0.39 is 5.97 Å². The molecule has 4 heteroatoms. The minimum absolute atomic E-state index is 0.323. The Morgan fingerprint density at radius 3 is 2.85 bits per heavy atom. The van der Waals surface area contributed by atoms with Gasteiger partial charge in [0.15, 0.2) is 0 Å². The number of rotatable bonds is 4. The van der Waals surface area contributed by atoms with Crippen molar-refractivity contribution in [3.05, 3.63) is 23.5 Å². The van der Waals surface area contributed by atoms with E-state index >= 15 is 0 Å². The van der Waals surface area contributed by atoms with E-state index in [1.165, 1.54) is 0 Å². The Morgan fingerprint density at radius 2 is 2.38 bits per heavy atom. The fraction of sp³-hybridized carbons (Fsp3) is 0.444. The Kier molecular flexibility index (Phi) is 3.08. The van der Waals surface area contributed by atoms with Gasteiger partial charge in [-0.3, -0.25) is 0 Å². The van der Waals surface area contributed by atoms with Gasteiger partial charge in [0.05, 0.1) is 17.9 Å². The van der Waals surface area contributed by atoms with Gasteiger partial charge in [0.1, 0.15) is 0 Å². The van der Waals surface area contributed by atoms with E-state index in [9.17, 15) is 4.79 Å². The SMILES string of the molecule is CCn1ccc(C(=O)O)c1COC. The lowest BCUT2D eigenvalue weighted by Gasteiger charge is -2.06. The van der Waals surface area contributed by atoms with E-state index in [1.54, 1.807) is 19.4 Å². The molecule has 1 rings (SSSR count). The minimum atomic E-state index is -0.903. The van der Waals surface area contributed by atoms with Crippen molar-refractivity contribution < 1.29 is 14.6 Å². The zero-order valence-corrected chi connectivity index (χ0v) is 7.78. The Balaban J connectivity index is 3.06. The zero-order valence-electron chi connectivity index (χ0n) is 7.78. The average molecular weight is 183 g/mol. The number of carboxylic acid groups (broad SMARTS) is 1. The molecule has 0 aliphatic carbocycles. The van der Waals surface area contributed by atoms with Crippen LogP contribution < -0.4 is 0 Å². The predicted molar refractivity (Wildman–Crippen MR) is 47.8 cm³/mol. The summed E-state index contributed by atoms with van der Waals surface area (Å²) in [6.45, 7) is 3.05. The number of carbonyl (C=O) groups is 1. The van der Waals surface area contributed by atoms with E-state index in [2.05, 4.69) is 0 Å². The number of hydrogen-bond acceptors (Lipinski definition) is 2. The lowest BCUT2D eigenvalue weighted by Crippen LogP contribution is -2.06. The molecule has 0 radical (unpaired) electrons. The first-order chi connectivity index (χ1) is 6.20. The topological polar surface area (TPSA) is 51.5 Å². The Labute approximate surface area is 76.7 Å². The first-order valence-corrected chi connectivity index (χ1v) is 4.11. The zero-order chi connectivity index (χ0) is 9.84. The summed E-state index contributed by atoms with van der Waals surface area (Å²) in [6, 6.07) is 1.60. The number of hydrogen-bond donors (Lipinski definition) is 1. The second kappa shape index (κ2) is 4.09.